The molecule has 90 valence electrons. The minimum absolute atomic E-state index is 0.949. The van der Waals surface area contributed by atoms with Crippen LogP contribution in [0.1, 0.15) is 18.2 Å². The van der Waals surface area contributed by atoms with Crippen LogP contribution in [0.3, 0.4) is 0 Å². The van der Waals surface area contributed by atoms with Crippen molar-refractivity contribution in [3.05, 3.63) is 59.9 Å². The fraction of sp³-hybridized carbons (Fsp3) is 0.188. The second-order valence-corrected chi connectivity index (χ2v) is 4.56. The number of imidazole rings is 1. The third-order valence-electron chi connectivity index (χ3n) is 3.22. The molecule has 2 nitrogen and oxygen atoms in total. The molecular weight excluding hydrogens is 220 g/mol. The summed E-state index contributed by atoms with van der Waals surface area (Å²) in [4.78, 5) is 4.71. The van der Waals surface area contributed by atoms with Gasteiger partial charge in [-0.2, -0.15) is 0 Å². The molecule has 0 fully saturated rings. The molecule has 3 rings (SSSR count). The maximum atomic E-state index is 4.71. The van der Waals surface area contributed by atoms with Crippen molar-refractivity contribution in [2.24, 2.45) is 0 Å². The van der Waals surface area contributed by atoms with Crippen LogP contribution in [0.5, 0.6) is 0 Å². The van der Waals surface area contributed by atoms with E-state index in [0.717, 1.165) is 17.8 Å². The number of fused-ring (bicyclic) bond motifs is 1. The second kappa shape index (κ2) is 4.30. The van der Waals surface area contributed by atoms with Gasteiger partial charge in [0.15, 0.2) is 0 Å². The van der Waals surface area contributed by atoms with Crippen LogP contribution in [-0.4, -0.2) is 9.38 Å². The van der Waals surface area contributed by atoms with Crippen molar-refractivity contribution in [1.82, 2.24) is 9.38 Å². The lowest BCUT2D eigenvalue weighted by Crippen LogP contribution is -1.91. The van der Waals surface area contributed by atoms with Crippen molar-refractivity contribution < 1.29 is 0 Å². The topological polar surface area (TPSA) is 17.3 Å². The zero-order valence-electron chi connectivity index (χ0n) is 10.7. The van der Waals surface area contributed by atoms with Crippen LogP contribution in [0.15, 0.2) is 48.7 Å². The zero-order valence-corrected chi connectivity index (χ0v) is 10.7. The highest BCUT2D eigenvalue weighted by Gasteiger charge is 2.12. The van der Waals surface area contributed by atoms with Gasteiger partial charge in [0.05, 0.1) is 11.4 Å². The summed E-state index contributed by atoms with van der Waals surface area (Å²) in [6.07, 6.45) is 3.11. The number of hydrogen-bond donors (Lipinski definition) is 0. The van der Waals surface area contributed by atoms with E-state index in [0.29, 0.717) is 0 Å². The molecule has 0 radical (unpaired) electrons. The van der Waals surface area contributed by atoms with Crippen LogP contribution in [0.25, 0.3) is 16.9 Å². The Kier molecular flexibility index (Phi) is 2.63. The van der Waals surface area contributed by atoms with E-state index < -0.39 is 0 Å². The van der Waals surface area contributed by atoms with E-state index in [1.165, 1.54) is 16.8 Å². The maximum absolute atomic E-state index is 4.71. The molecule has 0 bridgehead atoms. The number of hydrogen-bond acceptors (Lipinski definition) is 1. The van der Waals surface area contributed by atoms with Gasteiger partial charge in [0, 0.05) is 11.8 Å². The first kappa shape index (κ1) is 11.0. The SMILES string of the molecule is CCc1nc2ccc(C)cn2c1-c1ccccc1. The molecule has 0 aliphatic carbocycles. The van der Waals surface area contributed by atoms with E-state index in [4.69, 9.17) is 4.98 Å². The highest BCUT2D eigenvalue weighted by Crippen LogP contribution is 2.25. The molecule has 0 N–H and O–H groups in total. The van der Waals surface area contributed by atoms with E-state index in [1.54, 1.807) is 0 Å². The Balaban J connectivity index is 2.35. The standard InChI is InChI=1S/C16H16N2/c1-3-14-16(13-7-5-4-6-8-13)18-11-12(2)9-10-15(18)17-14/h4-11H,3H2,1-2H3. The van der Waals surface area contributed by atoms with Crippen LogP contribution in [0, 0.1) is 6.92 Å². The number of benzene rings is 1. The van der Waals surface area contributed by atoms with Crippen molar-refractivity contribution in [3.8, 4) is 11.3 Å². The first-order valence-electron chi connectivity index (χ1n) is 6.32. The van der Waals surface area contributed by atoms with Gasteiger partial charge in [0.2, 0.25) is 0 Å². The molecule has 3 aromatic rings. The van der Waals surface area contributed by atoms with E-state index >= 15 is 0 Å². The van der Waals surface area contributed by atoms with E-state index in [9.17, 15) is 0 Å². The minimum Gasteiger partial charge on any atom is -0.299 e. The Hall–Kier alpha value is -2.09. The Morgan fingerprint density at radius 1 is 1.06 bits per heavy atom. The van der Waals surface area contributed by atoms with Gasteiger partial charge in [-0.15, -0.1) is 0 Å². The van der Waals surface area contributed by atoms with Crippen molar-refractivity contribution in [2.75, 3.05) is 0 Å². The summed E-state index contributed by atoms with van der Waals surface area (Å²) < 4.78 is 2.20. The summed E-state index contributed by atoms with van der Waals surface area (Å²) >= 11 is 0. The van der Waals surface area contributed by atoms with Gasteiger partial charge in [0.1, 0.15) is 5.65 Å². The normalized spacial score (nSPS) is 11.0. The smallest absolute Gasteiger partial charge is 0.137 e. The molecule has 2 heteroatoms. The molecular formula is C16H16N2. The summed E-state index contributed by atoms with van der Waals surface area (Å²) in [7, 11) is 0. The number of aryl methyl sites for hydroxylation is 2. The van der Waals surface area contributed by atoms with Crippen molar-refractivity contribution in [2.45, 2.75) is 20.3 Å². The molecule has 0 atom stereocenters. The quantitative estimate of drug-likeness (QED) is 0.660. The summed E-state index contributed by atoms with van der Waals surface area (Å²) in [5.74, 6) is 0. The van der Waals surface area contributed by atoms with Gasteiger partial charge in [-0.3, -0.25) is 4.40 Å². The highest BCUT2D eigenvalue weighted by atomic mass is 15.0. The van der Waals surface area contributed by atoms with E-state index in [2.05, 4.69) is 60.8 Å². The maximum Gasteiger partial charge on any atom is 0.137 e. The van der Waals surface area contributed by atoms with Crippen molar-refractivity contribution in [3.63, 3.8) is 0 Å². The molecule has 0 spiro atoms. The monoisotopic (exact) mass is 236 g/mol. The van der Waals surface area contributed by atoms with Gasteiger partial charge in [-0.1, -0.05) is 43.3 Å². The van der Waals surface area contributed by atoms with Crippen LogP contribution in [0.2, 0.25) is 0 Å². The molecule has 0 aliphatic rings. The van der Waals surface area contributed by atoms with Gasteiger partial charge < -0.3 is 0 Å². The molecule has 2 heterocycles. The zero-order chi connectivity index (χ0) is 12.5. The molecule has 0 saturated carbocycles. The van der Waals surface area contributed by atoms with Crippen molar-refractivity contribution >= 4 is 5.65 Å². The van der Waals surface area contributed by atoms with E-state index in [1.807, 2.05) is 6.07 Å². The summed E-state index contributed by atoms with van der Waals surface area (Å²) in [6.45, 7) is 4.26. The predicted octanol–water partition coefficient (Wildman–Crippen LogP) is 3.87. The Bertz CT molecular complexity index is 681. The largest absolute Gasteiger partial charge is 0.299 e. The molecule has 2 aromatic heterocycles. The molecule has 0 amide bonds. The van der Waals surface area contributed by atoms with Crippen LogP contribution in [-0.2, 0) is 6.42 Å². The first-order valence-corrected chi connectivity index (χ1v) is 6.32. The van der Waals surface area contributed by atoms with Gasteiger partial charge in [-0.05, 0) is 25.0 Å². The number of nitrogens with zero attached hydrogens (tertiary/aromatic N) is 2. The Labute approximate surface area is 107 Å². The van der Waals surface area contributed by atoms with Crippen LogP contribution >= 0.6 is 0 Å². The van der Waals surface area contributed by atoms with Gasteiger partial charge in [-0.25, -0.2) is 4.98 Å². The minimum atomic E-state index is 0.949. The summed E-state index contributed by atoms with van der Waals surface area (Å²) in [6, 6.07) is 14.7. The fourth-order valence-corrected chi connectivity index (χ4v) is 2.35. The van der Waals surface area contributed by atoms with Crippen LogP contribution in [0.4, 0.5) is 0 Å². The molecule has 1 aromatic carbocycles. The first-order chi connectivity index (χ1) is 8.79. The summed E-state index contributed by atoms with van der Waals surface area (Å²) in [5, 5.41) is 0. The number of rotatable bonds is 2. The molecule has 18 heavy (non-hydrogen) atoms. The highest BCUT2D eigenvalue weighted by molar-refractivity contribution is 5.67. The number of pyridine rings is 1. The molecule has 0 unspecified atom stereocenters. The lowest BCUT2D eigenvalue weighted by atomic mass is 10.1. The predicted molar refractivity (Wildman–Crippen MR) is 74.7 cm³/mol. The Morgan fingerprint density at radius 2 is 1.83 bits per heavy atom. The molecule has 0 aliphatic heterocycles. The average molecular weight is 236 g/mol. The Morgan fingerprint density at radius 3 is 2.56 bits per heavy atom. The third-order valence-corrected chi connectivity index (χ3v) is 3.22. The lowest BCUT2D eigenvalue weighted by molar-refractivity contribution is 1.07. The van der Waals surface area contributed by atoms with Gasteiger partial charge >= 0.3 is 0 Å². The van der Waals surface area contributed by atoms with Crippen LogP contribution < -0.4 is 0 Å². The van der Waals surface area contributed by atoms with Crippen molar-refractivity contribution in [1.29, 1.82) is 0 Å². The second-order valence-electron chi connectivity index (χ2n) is 4.56. The average Bonchev–Trinajstić information content (AvgIpc) is 2.77. The third kappa shape index (κ3) is 1.70. The van der Waals surface area contributed by atoms with Gasteiger partial charge in [0.25, 0.3) is 0 Å². The summed E-state index contributed by atoms with van der Waals surface area (Å²) in [5.41, 5.74) is 5.88. The fourth-order valence-electron chi connectivity index (χ4n) is 2.35. The molecule has 0 saturated heterocycles. The van der Waals surface area contributed by atoms with E-state index in [-0.39, 0.29) is 0 Å². The lowest BCUT2D eigenvalue weighted by Gasteiger charge is -2.04. The number of aromatic nitrogens is 2.